The standard InChI is InChI=1S/C76H140O15/c1-4-7-10-13-16-19-22-25-28-31-34-37-40-42-45-48-51-72(78)87-64-59-81-56-57-84-68-70(86-63-58-82-60-65-88-73(79)52-49-46-44-41-38-35-32-29-26-23-20-17-14-11-8-5-2)76-75(71(69-91-76)85-55-54-77)90-67-62-83-61-66-89-74(80)53-50-47-43-39-36-33-30-27-24-21-18-15-12-9-6-3/h27-32,70-71,75-77H,4-26,33-69H2,1-3H3/b30-27-,31-28-,32-29-/t70?,71-,75+,76-/m1/s1. The van der Waals surface area contributed by atoms with Crippen LogP contribution in [0, 0.1) is 0 Å². The summed E-state index contributed by atoms with van der Waals surface area (Å²) in [7, 11) is 0. The van der Waals surface area contributed by atoms with Gasteiger partial charge in [0.1, 0.15) is 44.2 Å². The molecule has 0 spiro atoms. The van der Waals surface area contributed by atoms with Gasteiger partial charge >= 0.3 is 17.9 Å². The summed E-state index contributed by atoms with van der Waals surface area (Å²) >= 11 is 0. The Hall–Kier alpha value is -2.73. The molecule has 1 aliphatic heterocycles. The van der Waals surface area contributed by atoms with Crippen LogP contribution in [-0.2, 0) is 66.5 Å². The third-order valence-corrected chi connectivity index (χ3v) is 16.6. The van der Waals surface area contributed by atoms with Crippen molar-refractivity contribution in [2.24, 2.45) is 0 Å². The van der Waals surface area contributed by atoms with Gasteiger partial charge < -0.3 is 57.2 Å². The molecule has 0 aromatic carbocycles. The maximum atomic E-state index is 12.4. The Kier molecular flexibility index (Phi) is 67.8. The number of unbranched alkanes of at least 4 members (excludes halogenated alkanes) is 35. The Labute approximate surface area is 557 Å². The van der Waals surface area contributed by atoms with E-state index >= 15 is 0 Å². The number of carbonyl (C=O) groups excluding carboxylic acids is 3. The first-order valence-corrected chi connectivity index (χ1v) is 37.8. The number of rotatable bonds is 73. The van der Waals surface area contributed by atoms with Gasteiger partial charge in [-0.15, -0.1) is 0 Å². The van der Waals surface area contributed by atoms with Crippen molar-refractivity contribution in [1.29, 1.82) is 0 Å². The van der Waals surface area contributed by atoms with E-state index in [4.69, 9.17) is 52.1 Å². The number of aliphatic hydroxyl groups is 1. The number of allylic oxidation sites excluding steroid dienone is 6. The van der Waals surface area contributed by atoms with E-state index < -0.39 is 24.4 Å². The zero-order chi connectivity index (χ0) is 65.5. The minimum atomic E-state index is -0.588. The third kappa shape index (κ3) is 60.7. The van der Waals surface area contributed by atoms with Crippen LogP contribution in [0.1, 0.15) is 303 Å². The van der Waals surface area contributed by atoms with Gasteiger partial charge in [-0.05, 0) is 96.3 Å². The van der Waals surface area contributed by atoms with Gasteiger partial charge in [0.25, 0.3) is 0 Å². The molecule has 4 atom stereocenters. The summed E-state index contributed by atoms with van der Waals surface area (Å²) in [6.07, 6.45) is 63.1. The maximum Gasteiger partial charge on any atom is 0.305 e. The van der Waals surface area contributed by atoms with E-state index in [9.17, 15) is 19.5 Å². The van der Waals surface area contributed by atoms with E-state index in [2.05, 4.69) is 57.2 Å². The lowest BCUT2D eigenvalue weighted by molar-refractivity contribution is -0.149. The number of aliphatic hydroxyl groups excluding tert-OH is 1. The molecule has 1 saturated heterocycles. The molecule has 1 heterocycles. The molecule has 91 heavy (non-hydrogen) atoms. The van der Waals surface area contributed by atoms with Gasteiger partial charge in [-0.1, -0.05) is 224 Å². The number of carbonyl (C=O) groups is 3. The Balaban J connectivity index is 2.47. The van der Waals surface area contributed by atoms with Crippen molar-refractivity contribution in [1.82, 2.24) is 0 Å². The van der Waals surface area contributed by atoms with E-state index in [1.807, 2.05) is 0 Å². The van der Waals surface area contributed by atoms with Gasteiger partial charge in [-0.2, -0.15) is 0 Å². The van der Waals surface area contributed by atoms with Crippen LogP contribution in [-0.4, -0.2) is 153 Å². The van der Waals surface area contributed by atoms with Crippen molar-refractivity contribution in [3.63, 3.8) is 0 Å². The third-order valence-electron chi connectivity index (χ3n) is 16.6. The Morgan fingerprint density at radius 2 is 0.670 bits per heavy atom. The highest BCUT2D eigenvalue weighted by atomic mass is 16.6. The van der Waals surface area contributed by atoms with Crippen LogP contribution in [0.2, 0.25) is 0 Å². The molecule has 0 aromatic rings. The fourth-order valence-electron chi connectivity index (χ4n) is 11.1. The molecule has 1 aliphatic rings. The van der Waals surface area contributed by atoms with Gasteiger partial charge in [0.2, 0.25) is 0 Å². The van der Waals surface area contributed by atoms with Gasteiger partial charge in [-0.25, -0.2) is 0 Å². The summed E-state index contributed by atoms with van der Waals surface area (Å²) in [6.45, 7) is 9.88. The molecule has 534 valence electrons. The molecular weight excluding hydrogens is 1150 g/mol. The summed E-state index contributed by atoms with van der Waals surface area (Å²) in [6, 6.07) is 0. The summed E-state index contributed by atoms with van der Waals surface area (Å²) in [5.41, 5.74) is 0. The normalized spacial score (nSPS) is 15.5. The second kappa shape index (κ2) is 71.6. The smallest absolute Gasteiger partial charge is 0.305 e. The molecule has 0 bridgehead atoms. The molecule has 15 heteroatoms. The number of ether oxygens (including phenoxy) is 11. The molecule has 0 radical (unpaired) electrons. The second-order valence-electron chi connectivity index (χ2n) is 25.0. The lowest BCUT2D eigenvalue weighted by atomic mass is 10.1. The summed E-state index contributed by atoms with van der Waals surface area (Å²) in [5.74, 6) is -0.602. The van der Waals surface area contributed by atoms with E-state index in [1.54, 1.807) is 0 Å². The maximum absolute atomic E-state index is 12.4. The quantitative estimate of drug-likeness (QED) is 0.0264. The predicted octanol–water partition coefficient (Wildman–Crippen LogP) is 18.1. The molecule has 1 N–H and O–H groups in total. The number of hydrogen-bond acceptors (Lipinski definition) is 15. The Bertz CT molecular complexity index is 1630. The number of hydrogen-bond donors (Lipinski definition) is 1. The van der Waals surface area contributed by atoms with Crippen molar-refractivity contribution in [3.05, 3.63) is 36.5 Å². The zero-order valence-electron chi connectivity index (χ0n) is 58.9. The van der Waals surface area contributed by atoms with Crippen LogP contribution >= 0.6 is 0 Å². The first-order valence-electron chi connectivity index (χ1n) is 37.8. The van der Waals surface area contributed by atoms with Gasteiger partial charge in [0, 0.05) is 19.3 Å². The van der Waals surface area contributed by atoms with Crippen LogP contribution in [0.3, 0.4) is 0 Å². The highest BCUT2D eigenvalue weighted by Gasteiger charge is 2.44. The molecule has 0 aromatic heterocycles. The van der Waals surface area contributed by atoms with E-state index in [-0.39, 0.29) is 124 Å². The average Bonchev–Trinajstić information content (AvgIpc) is 1.78. The monoisotopic (exact) mass is 1290 g/mol. The SMILES string of the molecule is CCCCCCCC/C=C\CCCCCCCC(=O)OCCOCCO[C@@H]1[C@@H](C(COCCOCCOC(=O)CCCCCCC/C=C\CCCCCCCCC)OCCOCCOC(=O)CCCCCCC/C=C\CCCCCCCCC)OC[C@H]1OCCO. The summed E-state index contributed by atoms with van der Waals surface area (Å²) < 4.78 is 64.7. The predicted molar refractivity (Wildman–Crippen MR) is 370 cm³/mol. The summed E-state index contributed by atoms with van der Waals surface area (Å²) in [5, 5.41) is 9.61. The number of esters is 3. The highest BCUT2D eigenvalue weighted by molar-refractivity contribution is 5.69. The molecule has 0 amide bonds. The van der Waals surface area contributed by atoms with Crippen molar-refractivity contribution in [2.75, 3.05) is 106 Å². The lowest BCUT2D eigenvalue weighted by Gasteiger charge is -2.29. The first kappa shape index (κ1) is 86.3. The van der Waals surface area contributed by atoms with Crippen LogP contribution in [0.25, 0.3) is 0 Å². The molecule has 1 unspecified atom stereocenters. The van der Waals surface area contributed by atoms with Crippen LogP contribution in [0.15, 0.2) is 36.5 Å². The molecule has 0 saturated carbocycles. The molecule has 1 fully saturated rings. The highest BCUT2D eigenvalue weighted by Crippen LogP contribution is 2.26. The average molecular weight is 1290 g/mol. The molecular formula is C76H140O15. The second-order valence-corrected chi connectivity index (χ2v) is 25.0. The summed E-state index contributed by atoms with van der Waals surface area (Å²) in [4.78, 5) is 37.2. The van der Waals surface area contributed by atoms with E-state index in [1.165, 1.54) is 186 Å². The minimum Gasteiger partial charge on any atom is -0.463 e. The van der Waals surface area contributed by atoms with Gasteiger partial charge in [0.05, 0.1) is 85.9 Å². The minimum absolute atomic E-state index is 0.113. The largest absolute Gasteiger partial charge is 0.463 e. The molecule has 1 rings (SSSR count). The van der Waals surface area contributed by atoms with Crippen molar-refractivity contribution >= 4 is 17.9 Å². The van der Waals surface area contributed by atoms with Crippen LogP contribution in [0.5, 0.6) is 0 Å². The Morgan fingerprint density at radius 1 is 0.363 bits per heavy atom. The van der Waals surface area contributed by atoms with E-state index in [0.29, 0.717) is 19.3 Å². The van der Waals surface area contributed by atoms with Gasteiger partial charge in [0.15, 0.2) is 0 Å². The fraction of sp³-hybridized carbons (Fsp3) is 0.882. The van der Waals surface area contributed by atoms with E-state index in [0.717, 1.165) is 77.0 Å². The fourth-order valence-corrected chi connectivity index (χ4v) is 11.1. The van der Waals surface area contributed by atoms with Crippen LogP contribution < -0.4 is 0 Å². The van der Waals surface area contributed by atoms with Crippen molar-refractivity contribution in [2.45, 2.75) is 328 Å². The van der Waals surface area contributed by atoms with Gasteiger partial charge in [-0.3, -0.25) is 14.4 Å². The molecule has 0 aliphatic carbocycles. The lowest BCUT2D eigenvalue weighted by Crippen LogP contribution is -2.45. The Morgan fingerprint density at radius 3 is 1.03 bits per heavy atom. The molecule has 15 nitrogen and oxygen atoms in total. The van der Waals surface area contributed by atoms with Crippen molar-refractivity contribution < 1.29 is 71.6 Å². The van der Waals surface area contributed by atoms with Crippen LogP contribution in [0.4, 0.5) is 0 Å². The zero-order valence-corrected chi connectivity index (χ0v) is 58.9. The first-order chi connectivity index (χ1) is 45.0. The van der Waals surface area contributed by atoms with Crippen molar-refractivity contribution in [3.8, 4) is 0 Å². The topological polar surface area (TPSA) is 173 Å².